The van der Waals surface area contributed by atoms with Crippen LogP contribution in [0.25, 0.3) is 0 Å². The van der Waals surface area contributed by atoms with E-state index in [0.29, 0.717) is 15.8 Å². The largest absolute Gasteiger partial charge is 0.482 e. The van der Waals surface area contributed by atoms with Crippen molar-refractivity contribution < 1.29 is 9.53 Å². The van der Waals surface area contributed by atoms with Crippen LogP contribution in [0, 0.1) is 20.8 Å². The lowest BCUT2D eigenvalue weighted by Gasteiger charge is -2.15. The maximum absolute atomic E-state index is 12.0. The van der Waals surface area contributed by atoms with Gasteiger partial charge in [0.25, 0.3) is 5.91 Å². The van der Waals surface area contributed by atoms with E-state index in [-0.39, 0.29) is 17.6 Å². The van der Waals surface area contributed by atoms with Crippen LogP contribution < -0.4 is 15.4 Å². The molecule has 0 fully saturated rings. The van der Waals surface area contributed by atoms with Crippen LogP contribution >= 0.6 is 35.4 Å². The van der Waals surface area contributed by atoms with E-state index in [9.17, 15) is 4.79 Å². The van der Waals surface area contributed by atoms with Gasteiger partial charge in [-0.15, -0.1) is 0 Å². The van der Waals surface area contributed by atoms with Crippen LogP contribution in [0.5, 0.6) is 5.75 Å². The number of ether oxygens (including phenoxy) is 1. The average molecular weight is 397 g/mol. The van der Waals surface area contributed by atoms with E-state index in [1.807, 2.05) is 32.9 Å². The van der Waals surface area contributed by atoms with Gasteiger partial charge in [-0.2, -0.15) is 0 Å². The summed E-state index contributed by atoms with van der Waals surface area (Å²) in [4.78, 5) is 12.0. The Morgan fingerprint density at radius 3 is 2.36 bits per heavy atom. The summed E-state index contributed by atoms with van der Waals surface area (Å²) in [6.07, 6.45) is 0. The van der Waals surface area contributed by atoms with E-state index in [0.717, 1.165) is 16.8 Å². The summed E-state index contributed by atoms with van der Waals surface area (Å²) in [5.41, 5.74) is 4.16. The summed E-state index contributed by atoms with van der Waals surface area (Å²) in [6.45, 7) is 5.79. The molecular weight excluding hydrogens is 379 g/mol. The monoisotopic (exact) mass is 396 g/mol. The van der Waals surface area contributed by atoms with Crippen molar-refractivity contribution in [1.82, 2.24) is 5.32 Å². The Morgan fingerprint density at radius 1 is 1.12 bits per heavy atom. The predicted molar refractivity (Wildman–Crippen MR) is 107 cm³/mol. The number of nitrogens with one attached hydrogen (secondary N) is 2. The summed E-state index contributed by atoms with van der Waals surface area (Å²) in [6, 6.07) is 8.88. The maximum Gasteiger partial charge on any atom is 0.264 e. The molecule has 0 spiro atoms. The van der Waals surface area contributed by atoms with Gasteiger partial charge in [0.2, 0.25) is 0 Å². The normalized spacial score (nSPS) is 10.3. The molecule has 0 saturated carbocycles. The highest BCUT2D eigenvalue weighted by Crippen LogP contribution is 2.27. The zero-order valence-corrected chi connectivity index (χ0v) is 16.4. The fourth-order valence-corrected chi connectivity index (χ4v) is 3.10. The summed E-state index contributed by atoms with van der Waals surface area (Å²) in [5, 5.41) is 6.69. The number of anilines is 1. The molecule has 0 heterocycles. The Morgan fingerprint density at radius 2 is 1.76 bits per heavy atom. The van der Waals surface area contributed by atoms with Crippen molar-refractivity contribution in [3.8, 4) is 5.75 Å². The minimum absolute atomic E-state index is 0.213. The number of halogens is 2. The molecule has 0 atom stereocenters. The molecule has 25 heavy (non-hydrogen) atoms. The van der Waals surface area contributed by atoms with E-state index >= 15 is 0 Å². The van der Waals surface area contributed by atoms with Gasteiger partial charge in [0.05, 0.1) is 5.02 Å². The molecule has 2 N–H and O–H groups in total. The van der Waals surface area contributed by atoms with E-state index in [4.69, 9.17) is 40.2 Å². The van der Waals surface area contributed by atoms with Crippen LogP contribution in [0.3, 0.4) is 0 Å². The third-order valence-corrected chi connectivity index (χ3v) is 4.16. The first-order valence-corrected chi connectivity index (χ1v) is 8.69. The van der Waals surface area contributed by atoms with Crippen molar-refractivity contribution in [1.29, 1.82) is 0 Å². The van der Waals surface area contributed by atoms with Crippen molar-refractivity contribution >= 4 is 52.1 Å². The molecule has 2 rings (SSSR count). The van der Waals surface area contributed by atoms with Crippen LogP contribution in [-0.4, -0.2) is 17.6 Å². The quantitative estimate of drug-likeness (QED) is 0.727. The van der Waals surface area contributed by atoms with Crippen LogP contribution in [-0.2, 0) is 4.79 Å². The van der Waals surface area contributed by atoms with Crippen molar-refractivity contribution in [3.05, 3.63) is 57.1 Å². The molecule has 0 aromatic heterocycles. The van der Waals surface area contributed by atoms with Crippen molar-refractivity contribution in [2.75, 3.05) is 11.9 Å². The van der Waals surface area contributed by atoms with Gasteiger partial charge in [-0.1, -0.05) is 40.9 Å². The van der Waals surface area contributed by atoms with Gasteiger partial charge in [0.15, 0.2) is 11.7 Å². The lowest BCUT2D eigenvalue weighted by Crippen LogP contribution is -2.37. The van der Waals surface area contributed by atoms with Crippen molar-refractivity contribution in [2.24, 2.45) is 0 Å². The van der Waals surface area contributed by atoms with Gasteiger partial charge in [-0.3, -0.25) is 10.1 Å². The van der Waals surface area contributed by atoms with Gasteiger partial charge in [0, 0.05) is 10.7 Å². The minimum atomic E-state index is -0.383. The second-order valence-electron chi connectivity index (χ2n) is 5.64. The Bertz CT molecular complexity index is 802. The number of hydrogen-bond donors (Lipinski definition) is 2. The third kappa shape index (κ3) is 5.59. The predicted octanol–water partition coefficient (Wildman–Crippen LogP) is 4.81. The number of carbonyl (C=O) groups is 1. The standard InChI is InChI=1S/C18H18Cl2N2O2S/c1-10-6-11(2)17(12(3)7-10)22-18(25)21-16(23)9-24-15-5-4-13(19)8-14(15)20/h4-8H,9H2,1-3H3,(H2,21,22,23,25). The van der Waals surface area contributed by atoms with Crippen molar-refractivity contribution in [2.45, 2.75) is 20.8 Å². The van der Waals surface area contributed by atoms with Crippen molar-refractivity contribution in [3.63, 3.8) is 0 Å². The van der Waals surface area contributed by atoms with Gasteiger partial charge in [-0.25, -0.2) is 0 Å². The topological polar surface area (TPSA) is 50.4 Å². The van der Waals surface area contributed by atoms with Gasteiger partial charge in [0.1, 0.15) is 5.75 Å². The molecule has 0 unspecified atom stereocenters. The first-order valence-electron chi connectivity index (χ1n) is 7.53. The SMILES string of the molecule is Cc1cc(C)c(NC(=S)NC(=O)COc2ccc(Cl)cc2Cl)c(C)c1. The second kappa shape index (κ2) is 8.52. The number of hydrogen-bond acceptors (Lipinski definition) is 3. The smallest absolute Gasteiger partial charge is 0.264 e. The molecular formula is C18H18Cl2N2O2S. The third-order valence-electron chi connectivity index (χ3n) is 3.42. The fraction of sp³-hybridized carbons (Fsp3) is 0.222. The zero-order chi connectivity index (χ0) is 18.6. The molecule has 2 aromatic carbocycles. The highest BCUT2D eigenvalue weighted by molar-refractivity contribution is 7.80. The Hall–Kier alpha value is -1.82. The Balaban J connectivity index is 1.91. The second-order valence-corrected chi connectivity index (χ2v) is 6.89. The molecule has 132 valence electrons. The molecule has 1 amide bonds. The summed E-state index contributed by atoms with van der Waals surface area (Å²) < 4.78 is 5.38. The lowest BCUT2D eigenvalue weighted by molar-refractivity contribution is -0.121. The first kappa shape index (κ1) is 19.5. The number of aryl methyl sites for hydroxylation is 3. The first-order chi connectivity index (χ1) is 11.8. The molecule has 0 bridgehead atoms. The van der Waals surface area contributed by atoms with Gasteiger partial charge < -0.3 is 10.1 Å². The van der Waals surface area contributed by atoms with Crippen LogP contribution in [0.4, 0.5) is 5.69 Å². The van der Waals surface area contributed by atoms with Gasteiger partial charge in [-0.05, 0) is 62.3 Å². The lowest BCUT2D eigenvalue weighted by atomic mass is 10.1. The average Bonchev–Trinajstić information content (AvgIpc) is 2.50. The number of benzene rings is 2. The molecule has 2 aromatic rings. The van der Waals surface area contributed by atoms with E-state index in [2.05, 4.69) is 10.6 Å². The highest BCUT2D eigenvalue weighted by Gasteiger charge is 2.10. The minimum Gasteiger partial charge on any atom is -0.482 e. The molecule has 7 heteroatoms. The number of rotatable bonds is 4. The van der Waals surface area contributed by atoms with Gasteiger partial charge >= 0.3 is 0 Å². The zero-order valence-electron chi connectivity index (χ0n) is 14.1. The van der Waals surface area contributed by atoms with Crippen LogP contribution in [0.15, 0.2) is 30.3 Å². The summed E-state index contributed by atoms with van der Waals surface area (Å²) in [5.74, 6) is -0.00347. The van der Waals surface area contributed by atoms with Crippen LogP contribution in [0.1, 0.15) is 16.7 Å². The fourth-order valence-electron chi connectivity index (χ4n) is 2.42. The van der Waals surface area contributed by atoms with E-state index in [1.165, 1.54) is 5.56 Å². The molecule has 0 aliphatic carbocycles. The highest BCUT2D eigenvalue weighted by atomic mass is 35.5. The maximum atomic E-state index is 12.0. The molecule has 0 radical (unpaired) electrons. The number of amides is 1. The van der Waals surface area contributed by atoms with E-state index < -0.39 is 0 Å². The molecule has 4 nitrogen and oxygen atoms in total. The number of carbonyl (C=O) groups excluding carboxylic acids is 1. The molecule has 0 aliphatic heterocycles. The molecule has 0 saturated heterocycles. The van der Waals surface area contributed by atoms with E-state index in [1.54, 1.807) is 18.2 Å². The summed E-state index contributed by atoms with van der Waals surface area (Å²) >= 11 is 17.0. The summed E-state index contributed by atoms with van der Waals surface area (Å²) in [7, 11) is 0. The Kier molecular flexibility index (Phi) is 6.64. The van der Waals surface area contributed by atoms with Crippen LogP contribution in [0.2, 0.25) is 10.0 Å². The molecule has 0 aliphatic rings. The number of thiocarbonyl (C=S) groups is 1. The Labute approximate surface area is 162 Å².